The topological polar surface area (TPSA) is 71.5 Å². The van der Waals surface area contributed by atoms with Crippen LogP contribution in [0.25, 0.3) is 0 Å². The van der Waals surface area contributed by atoms with Crippen molar-refractivity contribution in [3.63, 3.8) is 0 Å². The summed E-state index contributed by atoms with van der Waals surface area (Å²) < 4.78 is 40.9. The number of ether oxygens (including phenoxy) is 1. The molecule has 1 atom stereocenters. The number of hydrogen-bond acceptors (Lipinski definition) is 4. The summed E-state index contributed by atoms with van der Waals surface area (Å²) in [5.74, 6) is -1.03. The van der Waals surface area contributed by atoms with Gasteiger partial charge in [0.15, 0.2) is 6.61 Å². The van der Waals surface area contributed by atoms with Crippen LogP contribution in [0, 0.1) is 0 Å². The fraction of sp³-hybridized carbons (Fsp3) is 0.538. The molecule has 0 aromatic carbocycles. The maximum Gasteiger partial charge on any atom is 0.422 e. The second-order valence-electron chi connectivity index (χ2n) is 4.41. The van der Waals surface area contributed by atoms with Crippen molar-refractivity contribution in [1.82, 2.24) is 10.3 Å². The van der Waals surface area contributed by atoms with Gasteiger partial charge in [-0.1, -0.05) is 13.3 Å². The first-order valence-corrected chi connectivity index (χ1v) is 6.44. The third-order valence-electron chi connectivity index (χ3n) is 2.51. The number of aliphatic hydroxyl groups excluding tert-OH is 1. The molecular formula is C13H17F3N2O3. The lowest BCUT2D eigenvalue weighted by Gasteiger charge is -2.13. The molecule has 1 amide bonds. The molecule has 0 bridgehead atoms. The Morgan fingerprint density at radius 3 is 2.86 bits per heavy atom. The van der Waals surface area contributed by atoms with Crippen molar-refractivity contribution in [3.05, 3.63) is 23.9 Å². The molecule has 8 heteroatoms. The summed E-state index contributed by atoms with van der Waals surface area (Å²) in [4.78, 5) is 15.5. The van der Waals surface area contributed by atoms with E-state index >= 15 is 0 Å². The molecule has 1 unspecified atom stereocenters. The van der Waals surface area contributed by atoms with Gasteiger partial charge in [0.2, 0.25) is 5.88 Å². The number of pyridine rings is 1. The Hall–Kier alpha value is -1.83. The van der Waals surface area contributed by atoms with E-state index in [4.69, 9.17) is 0 Å². The molecule has 118 valence electrons. The highest BCUT2D eigenvalue weighted by Crippen LogP contribution is 2.19. The molecule has 0 fully saturated rings. The molecule has 1 heterocycles. The molecule has 0 saturated carbocycles. The number of rotatable bonds is 7. The first-order valence-electron chi connectivity index (χ1n) is 6.44. The maximum absolute atomic E-state index is 12.1. The lowest BCUT2D eigenvalue weighted by molar-refractivity contribution is -0.154. The summed E-state index contributed by atoms with van der Waals surface area (Å²) in [6.45, 7) is 0.373. The van der Waals surface area contributed by atoms with E-state index in [1.807, 2.05) is 6.92 Å². The second kappa shape index (κ2) is 7.82. The number of halogens is 3. The molecule has 0 radical (unpaired) electrons. The molecule has 2 N–H and O–H groups in total. The largest absolute Gasteiger partial charge is 0.467 e. The number of nitrogens with one attached hydrogen (secondary N) is 1. The monoisotopic (exact) mass is 306 g/mol. The Kier molecular flexibility index (Phi) is 6.41. The Balaban J connectivity index is 2.67. The van der Waals surface area contributed by atoms with Gasteiger partial charge in [0.05, 0.1) is 6.10 Å². The minimum absolute atomic E-state index is 0.0142. The van der Waals surface area contributed by atoms with Crippen LogP contribution in [-0.4, -0.2) is 41.4 Å². The number of nitrogens with zero attached hydrogens (tertiary/aromatic N) is 1. The maximum atomic E-state index is 12.1. The molecule has 0 spiro atoms. The van der Waals surface area contributed by atoms with Crippen molar-refractivity contribution in [3.8, 4) is 5.88 Å². The summed E-state index contributed by atoms with van der Waals surface area (Å²) in [6, 6.07) is 2.72. The van der Waals surface area contributed by atoms with Crippen molar-refractivity contribution >= 4 is 5.91 Å². The standard InChI is InChI=1S/C13H17F3N2O3/c1-2-4-9(19)7-18-11(20)10-5-3-6-17-12(10)21-8-13(14,15)16/h3,5-6,9,19H,2,4,7-8H2,1H3,(H,18,20). The lowest BCUT2D eigenvalue weighted by Crippen LogP contribution is -2.32. The van der Waals surface area contributed by atoms with Crippen LogP contribution in [0.2, 0.25) is 0 Å². The minimum atomic E-state index is -4.51. The summed E-state index contributed by atoms with van der Waals surface area (Å²) in [6.07, 6.45) is -2.71. The van der Waals surface area contributed by atoms with Crippen LogP contribution >= 0.6 is 0 Å². The Morgan fingerprint density at radius 1 is 1.52 bits per heavy atom. The number of aliphatic hydroxyl groups is 1. The minimum Gasteiger partial charge on any atom is -0.467 e. The van der Waals surface area contributed by atoms with Crippen LogP contribution in [0.5, 0.6) is 5.88 Å². The highest BCUT2D eigenvalue weighted by atomic mass is 19.4. The fourth-order valence-corrected chi connectivity index (χ4v) is 1.57. The third-order valence-corrected chi connectivity index (χ3v) is 2.51. The smallest absolute Gasteiger partial charge is 0.422 e. The average Bonchev–Trinajstić information content (AvgIpc) is 2.42. The van der Waals surface area contributed by atoms with Gasteiger partial charge in [-0.15, -0.1) is 0 Å². The van der Waals surface area contributed by atoms with Crippen LogP contribution in [0.4, 0.5) is 13.2 Å². The van der Waals surface area contributed by atoms with Crippen LogP contribution in [0.1, 0.15) is 30.1 Å². The number of aromatic nitrogens is 1. The number of alkyl halides is 3. The van der Waals surface area contributed by atoms with Gasteiger partial charge in [0, 0.05) is 12.7 Å². The van der Waals surface area contributed by atoms with Gasteiger partial charge in [0.25, 0.3) is 5.91 Å². The molecule has 0 aliphatic heterocycles. The summed E-state index contributed by atoms with van der Waals surface area (Å²) in [7, 11) is 0. The van der Waals surface area contributed by atoms with E-state index in [1.54, 1.807) is 0 Å². The molecular weight excluding hydrogens is 289 g/mol. The molecule has 1 rings (SSSR count). The van der Waals surface area contributed by atoms with Crippen molar-refractivity contribution in [2.75, 3.05) is 13.2 Å². The molecule has 1 aromatic rings. The molecule has 0 saturated heterocycles. The highest BCUT2D eigenvalue weighted by Gasteiger charge is 2.29. The SMILES string of the molecule is CCCC(O)CNC(=O)c1cccnc1OCC(F)(F)F. The molecule has 1 aromatic heterocycles. The fourth-order valence-electron chi connectivity index (χ4n) is 1.57. The molecule has 0 aliphatic rings. The van der Waals surface area contributed by atoms with Gasteiger partial charge in [-0.2, -0.15) is 13.2 Å². The second-order valence-corrected chi connectivity index (χ2v) is 4.41. The summed E-state index contributed by atoms with van der Waals surface area (Å²) in [5, 5.41) is 11.9. The van der Waals surface area contributed by atoms with Crippen LogP contribution < -0.4 is 10.1 Å². The van der Waals surface area contributed by atoms with E-state index in [1.165, 1.54) is 18.3 Å². The van der Waals surface area contributed by atoms with Gasteiger partial charge in [-0.05, 0) is 18.6 Å². The van der Waals surface area contributed by atoms with Gasteiger partial charge in [-0.3, -0.25) is 4.79 Å². The zero-order chi connectivity index (χ0) is 15.9. The lowest BCUT2D eigenvalue weighted by atomic mass is 10.2. The first-order chi connectivity index (χ1) is 9.83. The van der Waals surface area contributed by atoms with E-state index in [0.717, 1.165) is 6.42 Å². The third kappa shape index (κ3) is 6.44. The van der Waals surface area contributed by atoms with E-state index in [9.17, 15) is 23.1 Å². The normalized spacial score (nSPS) is 12.8. The van der Waals surface area contributed by atoms with Gasteiger partial charge < -0.3 is 15.2 Å². The van der Waals surface area contributed by atoms with E-state index in [2.05, 4.69) is 15.0 Å². The van der Waals surface area contributed by atoms with E-state index in [-0.39, 0.29) is 12.1 Å². The van der Waals surface area contributed by atoms with Crippen LogP contribution in [-0.2, 0) is 0 Å². The van der Waals surface area contributed by atoms with Crippen LogP contribution in [0.3, 0.4) is 0 Å². The number of carbonyl (C=O) groups excluding carboxylic acids is 1. The van der Waals surface area contributed by atoms with Crippen molar-refractivity contribution in [2.45, 2.75) is 32.0 Å². The Morgan fingerprint density at radius 2 is 2.24 bits per heavy atom. The number of hydrogen-bond donors (Lipinski definition) is 2. The molecule has 21 heavy (non-hydrogen) atoms. The molecule has 0 aliphatic carbocycles. The highest BCUT2D eigenvalue weighted by molar-refractivity contribution is 5.96. The zero-order valence-electron chi connectivity index (χ0n) is 11.5. The molecule has 5 nitrogen and oxygen atoms in total. The first kappa shape index (κ1) is 17.2. The van der Waals surface area contributed by atoms with Gasteiger partial charge >= 0.3 is 6.18 Å². The predicted molar refractivity (Wildman–Crippen MR) is 69.0 cm³/mol. The number of carbonyl (C=O) groups is 1. The zero-order valence-corrected chi connectivity index (χ0v) is 11.5. The van der Waals surface area contributed by atoms with Crippen molar-refractivity contribution in [1.29, 1.82) is 0 Å². The van der Waals surface area contributed by atoms with E-state index in [0.29, 0.717) is 6.42 Å². The summed E-state index contributed by atoms with van der Waals surface area (Å²) in [5.41, 5.74) is -0.106. The van der Waals surface area contributed by atoms with Crippen LogP contribution in [0.15, 0.2) is 18.3 Å². The Bertz CT molecular complexity index is 466. The quantitative estimate of drug-likeness (QED) is 0.807. The number of amides is 1. The Labute approximate surface area is 120 Å². The summed E-state index contributed by atoms with van der Waals surface area (Å²) >= 11 is 0. The van der Waals surface area contributed by atoms with Gasteiger partial charge in [0.1, 0.15) is 5.56 Å². The van der Waals surface area contributed by atoms with E-state index < -0.39 is 30.7 Å². The van der Waals surface area contributed by atoms with Crippen molar-refractivity contribution < 1.29 is 27.8 Å². The van der Waals surface area contributed by atoms with Crippen molar-refractivity contribution in [2.24, 2.45) is 0 Å². The average molecular weight is 306 g/mol. The van der Waals surface area contributed by atoms with Gasteiger partial charge in [-0.25, -0.2) is 4.98 Å². The predicted octanol–water partition coefficient (Wildman–Crippen LogP) is 1.91.